The SMILES string of the molecule is CN(c1ccccc1)S(=O)(=O)c1cnc(N)c([N+](=O)[O-])c1. The van der Waals surface area contributed by atoms with E-state index in [1.807, 2.05) is 0 Å². The number of sulfonamides is 1. The molecular weight excluding hydrogens is 296 g/mol. The number of nitrogen functional groups attached to an aromatic ring is 1. The highest BCUT2D eigenvalue weighted by molar-refractivity contribution is 7.92. The van der Waals surface area contributed by atoms with Gasteiger partial charge in [-0.2, -0.15) is 0 Å². The summed E-state index contributed by atoms with van der Waals surface area (Å²) in [6.45, 7) is 0. The molecule has 0 aliphatic rings. The van der Waals surface area contributed by atoms with Gasteiger partial charge in [0.25, 0.3) is 10.0 Å². The van der Waals surface area contributed by atoms with E-state index >= 15 is 0 Å². The lowest BCUT2D eigenvalue weighted by Gasteiger charge is -2.19. The number of anilines is 2. The van der Waals surface area contributed by atoms with Crippen molar-refractivity contribution in [3.63, 3.8) is 0 Å². The first-order valence-electron chi connectivity index (χ1n) is 5.78. The minimum absolute atomic E-state index is 0.297. The molecule has 110 valence electrons. The quantitative estimate of drug-likeness (QED) is 0.673. The van der Waals surface area contributed by atoms with E-state index in [1.54, 1.807) is 30.3 Å². The Hall–Kier alpha value is -2.68. The fourth-order valence-corrected chi connectivity index (χ4v) is 2.83. The Labute approximate surface area is 121 Å². The highest BCUT2D eigenvalue weighted by Crippen LogP contribution is 2.26. The number of aromatic nitrogens is 1. The zero-order chi connectivity index (χ0) is 15.6. The van der Waals surface area contributed by atoms with Gasteiger partial charge in [0, 0.05) is 13.1 Å². The average molecular weight is 308 g/mol. The predicted octanol–water partition coefficient (Wildman–Crippen LogP) is 1.40. The van der Waals surface area contributed by atoms with E-state index in [-0.39, 0.29) is 10.7 Å². The maximum Gasteiger partial charge on any atom is 0.312 e. The number of nitrogens with two attached hydrogens (primary N) is 1. The van der Waals surface area contributed by atoms with Crippen molar-refractivity contribution in [2.24, 2.45) is 0 Å². The van der Waals surface area contributed by atoms with Gasteiger partial charge in [-0.05, 0) is 12.1 Å². The van der Waals surface area contributed by atoms with Crippen LogP contribution in [0.2, 0.25) is 0 Å². The summed E-state index contributed by atoms with van der Waals surface area (Å²) in [6, 6.07) is 9.24. The van der Waals surface area contributed by atoms with Gasteiger partial charge in [-0.25, -0.2) is 13.4 Å². The van der Waals surface area contributed by atoms with Gasteiger partial charge in [-0.15, -0.1) is 0 Å². The molecule has 9 heteroatoms. The number of hydrogen-bond acceptors (Lipinski definition) is 6. The number of benzene rings is 1. The van der Waals surface area contributed by atoms with Crippen molar-refractivity contribution in [1.82, 2.24) is 4.98 Å². The Kier molecular flexibility index (Phi) is 3.76. The lowest BCUT2D eigenvalue weighted by atomic mass is 10.3. The van der Waals surface area contributed by atoms with Crippen LogP contribution in [0.4, 0.5) is 17.2 Å². The molecule has 2 aromatic rings. The lowest BCUT2D eigenvalue weighted by Crippen LogP contribution is -2.26. The third kappa shape index (κ3) is 2.77. The second-order valence-corrected chi connectivity index (χ2v) is 6.11. The number of hydrogen-bond donors (Lipinski definition) is 1. The van der Waals surface area contributed by atoms with Crippen LogP contribution in [0.15, 0.2) is 47.5 Å². The van der Waals surface area contributed by atoms with Gasteiger partial charge >= 0.3 is 5.69 Å². The molecule has 1 aromatic heterocycles. The molecule has 0 spiro atoms. The molecule has 0 aliphatic heterocycles. The number of rotatable bonds is 4. The largest absolute Gasteiger partial charge is 0.378 e. The summed E-state index contributed by atoms with van der Waals surface area (Å²) in [5, 5.41) is 10.8. The maximum absolute atomic E-state index is 12.4. The molecular formula is C12H12N4O4S. The zero-order valence-corrected chi connectivity index (χ0v) is 11.8. The van der Waals surface area contributed by atoms with E-state index in [1.165, 1.54) is 7.05 Å². The fourth-order valence-electron chi connectivity index (χ4n) is 1.67. The van der Waals surface area contributed by atoms with Crippen molar-refractivity contribution in [2.75, 3.05) is 17.1 Å². The van der Waals surface area contributed by atoms with Gasteiger partial charge in [0.1, 0.15) is 4.90 Å². The minimum atomic E-state index is -3.95. The smallest absolute Gasteiger partial charge is 0.312 e. The van der Waals surface area contributed by atoms with Crippen LogP contribution in [0.25, 0.3) is 0 Å². The molecule has 1 heterocycles. The van der Waals surface area contributed by atoms with Gasteiger partial charge in [0.2, 0.25) is 5.82 Å². The van der Waals surface area contributed by atoms with Crippen LogP contribution in [0, 0.1) is 10.1 Å². The zero-order valence-electron chi connectivity index (χ0n) is 11.0. The molecule has 0 saturated heterocycles. The molecule has 0 aliphatic carbocycles. The summed E-state index contributed by atoms with van der Waals surface area (Å²) in [4.78, 5) is 13.3. The van der Waals surface area contributed by atoms with Gasteiger partial charge in [-0.1, -0.05) is 18.2 Å². The average Bonchev–Trinajstić information content (AvgIpc) is 2.47. The van der Waals surface area contributed by atoms with Crippen LogP contribution in [-0.2, 0) is 10.0 Å². The Balaban J connectivity index is 2.50. The van der Waals surface area contributed by atoms with Crippen molar-refractivity contribution >= 4 is 27.2 Å². The van der Waals surface area contributed by atoms with E-state index in [2.05, 4.69) is 4.98 Å². The van der Waals surface area contributed by atoms with Crippen molar-refractivity contribution in [2.45, 2.75) is 4.90 Å². The van der Waals surface area contributed by atoms with Gasteiger partial charge < -0.3 is 5.73 Å². The van der Waals surface area contributed by atoms with Gasteiger partial charge in [0.05, 0.1) is 16.8 Å². The first-order valence-corrected chi connectivity index (χ1v) is 7.22. The van der Waals surface area contributed by atoms with Crippen LogP contribution in [-0.4, -0.2) is 25.4 Å². The summed E-state index contributed by atoms with van der Waals surface area (Å²) < 4.78 is 25.9. The predicted molar refractivity (Wildman–Crippen MR) is 77.3 cm³/mol. The lowest BCUT2D eigenvalue weighted by molar-refractivity contribution is -0.384. The summed E-state index contributed by atoms with van der Waals surface area (Å²) >= 11 is 0. The Morgan fingerprint density at radius 2 is 1.90 bits per heavy atom. The molecule has 0 amide bonds. The standard InChI is InChI=1S/C12H12N4O4S/c1-15(9-5-3-2-4-6-9)21(19,20)10-7-11(16(17)18)12(13)14-8-10/h2-8H,1H3,(H2,13,14). The van der Waals surface area contributed by atoms with E-state index in [0.29, 0.717) is 5.69 Å². The summed E-state index contributed by atoms with van der Waals surface area (Å²) in [6.07, 6.45) is 0.997. The second-order valence-electron chi connectivity index (χ2n) is 4.14. The topological polar surface area (TPSA) is 119 Å². The van der Waals surface area contributed by atoms with Crippen molar-refractivity contribution in [3.8, 4) is 0 Å². The van der Waals surface area contributed by atoms with Crippen LogP contribution < -0.4 is 10.0 Å². The van der Waals surface area contributed by atoms with E-state index in [4.69, 9.17) is 5.73 Å². The highest BCUT2D eigenvalue weighted by Gasteiger charge is 2.25. The van der Waals surface area contributed by atoms with E-state index < -0.39 is 20.6 Å². The Bertz CT molecular complexity index is 777. The third-order valence-corrected chi connectivity index (χ3v) is 4.60. The first-order chi connectivity index (χ1) is 9.84. The summed E-state index contributed by atoms with van der Waals surface area (Å²) in [5.41, 5.74) is 5.24. The van der Waals surface area contributed by atoms with E-state index in [9.17, 15) is 18.5 Å². The number of nitro groups is 1. The van der Waals surface area contributed by atoms with Crippen LogP contribution >= 0.6 is 0 Å². The molecule has 0 atom stereocenters. The summed E-state index contributed by atoms with van der Waals surface area (Å²) in [5.74, 6) is -0.332. The molecule has 0 bridgehead atoms. The van der Waals surface area contributed by atoms with Crippen LogP contribution in [0.5, 0.6) is 0 Å². The molecule has 2 rings (SSSR count). The third-order valence-electron chi connectivity index (χ3n) is 2.85. The molecule has 8 nitrogen and oxygen atoms in total. The molecule has 0 fully saturated rings. The Morgan fingerprint density at radius 1 is 1.29 bits per heavy atom. The fraction of sp³-hybridized carbons (Fsp3) is 0.0833. The normalized spacial score (nSPS) is 11.1. The van der Waals surface area contributed by atoms with Crippen molar-refractivity contribution in [3.05, 3.63) is 52.7 Å². The first kappa shape index (κ1) is 14.7. The van der Waals surface area contributed by atoms with Crippen molar-refractivity contribution in [1.29, 1.82) is 0 Å². The van der Waals surface area contributed by atoms with Crippen LogP contribution in [0.1, 0.15) is 0 Å². The molecule has 0 saturated carbocycles. The minimum Gasteiger partial charge on any atom is -0.378 e. The van der Waals surface area contributed by atoms with Crippen molar-refractivity contribution < 1.29 is 13.3 Å². The monoisotopic (exact) mass is 308 g/mol. The Morgan fingerprint density at radius 3 is 2.48 bits per heavy atom. The van der Waals surface area contributed by atoms with Crippen LogP contribution in [0.3, 0.4) is 0 Å². The van der Waals surface area contributed by atoms with Gasteiger partial charge in [-0.3, -0.25) is 14.4 Å². The van der Waals surface area contributed by atoms with Gasteiger partial charge in [0.15, 0.2) is 0 Å². The van der Waals surface area contributed by atoms with E-state index in [0.717, 1.165) is 16.6 Å². The summed E-state index contributed by atoms with van der Waals surface area (Å²) in [7, 11) is -2.60. The maximum atomic E-state index is 12.4. The number of nitrogens with zero attached hydrogens (tertiary/aromatic N) is 3. The molecule has 21 heavy (non-hydrogen) atoms. The molecule has 1 aromatic carbocycles. The molecule has 2 N–H and O–H groups in total. The highest BCUT2D eigenvalue weighted by atomic mass is 32.2. The molecule has 0 radical (unpaired) electrons. The molecule has 0 unspecified atom stereocenters. The number of pyridine rings is 1. The second kappa shape index (κ2) is 5.37. The number of para-hydroxylation sites is 1.